The van der Waals surface area contributed by atoms with Gasteiger partial charge in [0.05, 0.1) is 0 Å². The summed E-state index contributed by atoms with van der Waals surface area (Å²) in [5.74, 6) is 0.958. The molecule has 0 heterocycles. The van der Waals surface area contributed by atoms with E-state index in [0.717, 1.165) is 21.8 Å². The van der Waals surface area contributed by atoms with E-state index in [0.29, 0.717) is 6.04 Å². The minimum Gasteiger partial charge on any atom is -0.317 e. The molecule has 1 saturated carbocycles. The van der Waals surface area contributed by atoms with Crippen molar-refractivity contribution in [1.82, 2.24) is 5.32 Å². The van der Waals surface area contributed by atoms with Gasteiger partial charge in [0.1, 0.15) is 0 Å². The molecule has 3 heteroatoms. The van der Waals surface area contributed by atoms with E-state index in [2.05, 4.69) is 40.4 Å². The molecule has 112 valence electrons. The summed E-state index contributed by atoms with van der Waals surface area (Å²) in [6.45, 7) is 0. The molecule has 0 spiro atoms. The fraction of sp³-hybridized carbons (Fsp3) is 0.647. The quantitative estimate of drug-likeness (QED) is 0.698. The van der Waals surface area contributed by atoms with Gasteiger partial charge in [0.25, 0.3) is 0 Å². The average molecular weight is 359 g/mol. The van der Waals surface area contributed by atoms with Gasteiger partial charge < -0.3 is 5.32 Å². The molecular formula is C17H25BrClN. The second-order valence-electron chi connectivity index (χ2n) is 6.01. The molecule has 0 amide bonds. The average Bonchev–Trinajstić information content (AvgIpc) is 2.46. The highest BCUT2D eigenvalue weighted by Gasteiger charge is 2.16. The Bertz CT molecular complexity index is 415. The zero-order valence-electron chi connectivity index (χ0n) is 12.3. The molecule has 1 aliphatic rings. The predicted molar refractivity (Wildman–Crippen MR) is 91.5 cm³/mol. The first kappa shape index (κ1) is 16.3. The van der Waals surface area contributed by atoms with E-state index in [9.17, 15) is 0 Å². The third-order valence-corrected chi connectivity index (χ3v) is 5.38. The van der Waals surface area contributed by atoms with Gasteiger partial charge >= 0.3 is 0 Å². The van der Waals surface area contributed by atoms with Gasteiger partial charge in [-0.2, -0.15) is 0 Å². The molecule has 1 aliphatic carbocycles. The van der Waals surface area contributed by atoms with Gasteiger partial charge in [0.2, 0.25) is 0 Å². The van der Waals surface area contributed by atoms with Gasteiger partial charge in [-0.3, -0.25) is 0 Å². The molecule has 1 aromatic rings. The van der Waals surface area contributed by atoms with Crippen LogP contribution in [0.25, 0.3) is 0 Å². The Balaban J connectivity index is 1.84. The molecule has 1 unspecified atom stereocenters. The third kappa shape index (κ3) is 5.05. The van der Waals surface area contributed by atoms with Gasteiger partial charge in [-0.1, -0.05) is 65.7 Å². The van der Waals surface area contributed by atoms with Crippen LogP contribution in [0.2, 0.25) is 5.02 Å². The third-order valence-electron chi connectivity index (χ3n) is 4.54. The van der Waals surface area contributed by atoms with Crippen LogP contribution < -0.4 is 5.32 Å². The lowest BCUT2D eigenvalue weighted by molar-refractivity contribution is 0.316. The molecule has 1 nitrogen and oxygen atoms in total. The van der Waals surface area contributed by atoms with Crippen LogP contribution in [0.1, 0.15) is 50.5 Å². The maximum Gasteiger partial charge on any atom is 0.0449 e. The maximum absolute atomic E-state index is 6.32. The van der Waals surface area contributed by atoms with E-state index >= 15 is 0 Å². The van der Waals surface area contributed by atoms with Crippen LogP contribution in [-0.2, 0) is 6.42 Å². The molecule has 1 N–H and O–H groups in total. The van der Waals surface area contributed by atoms with Gasteiger partial charge in [0, 0.05) is 15.5 Å². The van der Waals surface area contributed by atoms with E-state index in [1.165, 1.54) is 50.5 Å². The topological polar surface area (TPSA) is 12.0 Å². The molecule has 1 atom stereocenters. The molecule has 0 saturated heterocycles. The summed E-state index contributed by atoms with van der Waals surface area (Å²) in [6, 6.07) is 6.74. The second-order valence-corrected chi connectivity index (χ2v) is 7.33. The Labute approximate surface area is 136 Å². The number of hydrogen-bond donors (Lipinski definition) is 1. The van der Waals surface area contributed by atoms with Crippen molar-refractivity contribution < 1.29 is 0 Å². The van der Waals surface area contributed by atoms with Crippen molar-refractivity contribution in [3.63, 3.8) is 0 Å². The fourth-order valence-corrected chi connectivity index (χ4v) is 3.96. The first-order chi connectivity index (χ1) is 9.69. The standard InChI is InChI=1S/C17H25BrClN/c1-20-16(10-7-13-5-3-2-4-6-13)11-14-8-9-15(18)12-17(14)19/h8-9,12-13,16,20H,2-7,10-11H2,1H3. The smallest absolute Gasteiger partial charge is 0.0449 e. The van der Waals surface area contributed by atoms with Gasteiger partial charge in [-0.15, -0.1) is 0 Å². The molecule has 1 fully saturated rings. The summed E-state index contributed by atoms with van der Waals surface area (Å²) in [4.78, 5) is 0. The lowest BCUT2D eigenvalue weighted by atomic mass is 9.84. The van der Waals surface area contributed by atoms with E-state index in [1.807, 2.05) is 6.07 Å². The number of nitrogens with one attached hydrogen (secondary N) is 1. The van der Waals surface area contributed by atoms with Crippen molar-refractivity contribution in [2.45, 2.75) is 57.4 Å². The first-order valence-corrected chi connectivity index (χ1v) is 8.97. The minimum absolute atomic E-state index is 0.538. The Morgan fingerprint density at radius 3 is 2.70 bits per heavy atom. The van der Waals surface area contributed by atoms with E-state index in [1.54, 1.807) is 0 Å². The molecule has 1 aromatic carbocycles. The van der Waals surface area contributed by atoms with Crippen LogP contribution in [-0.4, -0.2) is 13.1 Å². The van der Waals surface area contributed by atoms with Crippen molar-refractivity contribution >= 4 is 27.5 Å². The van der Waals surface area contributed by atoms with E-state index in [4.69, 9.17) is 11.6 Å². The molecule has 2 rings (SSSR count). The minimum atomic E-state index is 0.538. The molecule has 20 heavy (non-hydrogen) atoms. The molecule has 0 bridgehead atoms. The number of rotatable bonds is 6. The first-order valence-electron chi connectivity index (χ1n) is 7.80. The van der Waals surface area contributed by atoms with E-state index in [-0.39, 0.29) is 0 Å². The molecule has 0 aromatic heterocycles. The largest absolute Gasteiger partial charge is 0.317 e. The Hall–Kier alpha value is -0.0500. The summed E-state index contributed by atoms with van der Waals surface area (Å²) >= 11 is 9.78. The van der Waals surface area contributed by atoms with E-state index < -0.39 is 0 Å². The van der Waals surface area contributed by atoms with Crippen molar-refractivity contribution in [3.8, 4) is 0 Å². The number of likely N-dealkylation sites (N-methyl/N-ethyl adjacent to an activating group) is 1. The van der Waals surface area contributed by atoms with Crippen LogP contribution in [0.15, 0.2) is 22.7 Å². The van der Waals surface area contributed by atoms with Crippen LogP contribution in [0.4, 0.5) is 0 Å². The maximum atomic E-state index is 6.32. The lowest BCUT2D eigenvalue weighted by Crippen LogP contribution is -2.28. The van der Waals surface area contributed by atoms with Crippen LogP contribution in [0.5, 0.6) is 0 Å². The van der Waals surface area contributed by atoms with Crippen molar-refractivity contribution in [1.29, 1.82) is 0 Å². The van der Waals surface area contributed by atoms with Gasteiger partial charge in [-0.25, -0.2) is 0 Å². The number of hydrogen-bond acceptors (Lipinski definition) is 1. The zero-order valence-corrected chi connectivity index (χ0v) is 14.6. The Morgan fingerprint density at radius 2 is 2.05 bits per heavy atom. The van der Waals surface area contributed by atoms with Crippen LogP contribution >= 0.6 is 27.5 Å². The molecule has 0 aliphatic heterocycles. The summed E-state index contributed by atoms with van der Waals surface area (Å²) in [6.07, 6.45) is 10.8. The monoisotopic (exact) mass is 357 g/mol. The number of halogens is 2. The summed E-state index contributed by atoms with van der Waals surface area (Å²) in [5, 5.41) is 4.33. The van der Waals surface area contributed by atoms with Crippen molar-refractivity contribution in [2.75, 3.05) is 7.05 Å². The van der Waals surface area contributed by atoms with Crippen LogP contribution in [0, 0.1) is 5.92 Å². The van der Waals surface area contributed by atoms with Crippen LogP contribution in [0.3, 0.4) is 0 Å². The fourth-order valence-electron chi connectivity index (χ4n) is 3.21. The highest BCUT2D eigenvalue weighted by atomic mass is 79.9. The normalized spacial score (nSPS) is 18.1. The highest BCUT2D eigenvalue weighted by molar-refractivity contribution is 9.10. The van der Waals surface area contributed by atoms with Gasteiger partial charge in [-0.05, 0) is 49.9 Å². The zero-order chi connectivity index (χ0) is 14.4. The predicted octanol–water partition coefficient (Wildman–Crippen LogP) is 5.59. The summed E-state index contributed by atoms with van der Waals surface area (Å²) in [7, 11) is 2.07. The Kier molecular flexibility index (Phi) is 6.86. The Morgan fingerprint density at radius 1 is 1.30 bits per heavy atom. The molecular weight excluding hydrogens is 334 g/mol. The SMILES string of the molecule is CNC(CCC1CCCCC1)Cc1ccc(Br)cc1Cl. The highest BCUT2D eigenvalue weighted by Crippen LogP contribution is 2.29. The summed E-state index contributed by atoms with van der Waals surface area (Å²) < 4.78 is 1.05. The second kappa shape index (κ2) is 8.41. The van der Waals surface area contributed by atoms with Gasteiger partial charge in [0.15, 0.2) is 0 Å². The van der Waals surface area contributed by atoms with Crippen molar-refractivity contribution in [2.24, 2.45) is 5.92 Å². The van der Waals surface area contributed by atoms with Crippen molar-refractivity contribution in [3.05, 3.63) is 33.3 Å². The number of benzene rings is 1. The molecule has 0 radical (unpaired) electrons. The summed E-state index contributed by atoms with van der Waals surface area (Å²) in [5.41, 5.74) is 1.25. The lowest BCUT2D eigenvalue weighted by Gasteiger charge is -2.24.